The molecule has 4 rings (SSSR count). The van der Waals surface area contributed by atoms with Gasteiger partial charge in [0.15, 0.2) is 0 Å². The molecular formula is C25H24N4O4S2. The van der Waals surface area contributed by atoms with Gasteiger partial charge in [0, 0.05) is 27.8 Å². The maximum Gasteiger partial charge on any atom is 0.227 e. The number of nitriles is 1. The number of ether oxygens (including phenoxy) is 1. The van der Waals surface area contributed by atoms with Crippen molar-refractivity contribution in [2.75, 3.05) is 18.9 Å². The van der Waals surface area contributed by atoms with E-state index in [1.807, 2.05) is 42.8 Å². The minimum Gasteiger partial charge on any atom is -0.491 e. The highest BCUT2D eigenvalue weighted by molar-refractivity contribution is 7.98. The normalized spacial score (nSPS) is 11.9. The van der Waals surface area contributed by atoms with Crippen LogP contribution in [0.5, 0.6) is 5.75 Å². The molecule has 35 heavy (non-hydrogen) atoms. The number of pyridine rings is 1. The van der Waals surface area contributed by atoms with Crippen LogP contribution in [-0.2, 0) is 5.75 Å². The minimum atomic E-state index is -0.948. The molecule has 1 atom stereocenters. The Bertz CT molecular complexity index is 1350. The van der Waals surface area contributed by atoms with Crippen LogP contribution in [0.4, 0.5) is 5.82 Å². The van der Waals surface area contributed by atoms with Gasteiger partial charge < -0.3 is 25.1 Å². The van der Waals surface area contributed by atoms with E-state index in [0.29, 0.717) is 44.9 Å². The number of oxazole rings is 1. The quantitative estimate of drug-likeness (QED) is 0.278. The predicted molar refractivity (Wildman–Crippen MR) is 136 cm³/mol. The first-order valence-corrected chi connectivity index (χ1v) is 12.7. The molecule has 0 amide bonds. The van der Waals surface area contributed by atoms with Crippen molar-refractivity contribution in [2.24, 2.45) is 0 Å². The Morgan fingerprint density at radius 2 is 1.97 bits per heavy atom. The lowest BCUT2D eigenvalue weighted by Crippen LogP contribution is -2.21. The summed E-state index contributed by atoms with van der Waals surface area (Å²) < 4.78 is 11.3. The molecule has 0 radical (unpaired) electrons. The molecule has 0 spiro atoms. The van der Waals surface area contributed by atoms with Crippen molar-refractivity contribution < 1.29 is 19.4 Å². The molecule has 0 aliphatic rings. The number of aryl methyl sites for hydroxylation is 1. The average Bonchev–Trinajstić information content (AvgIpc) is 3.53. The molecule has 0 saturated heterocycles. The molecule has 0 aliphatic carbocycles. The van der Waals surface area contributed by atoms with Crippen molar-refractivity contribution in [2.45, 2.75) is 30.7 Å². The number of benzene rings is 1. The summed E-state index contributed by atoms with van der Waals surface area (Å²) in [6.45, 7) is 3.32. The zero-order chi connectivity index (χ0) is 24.9. The van der Waals surface area contributed by atoms with Crippen LogP contribution < -0.4 is 10.5 Å². The van der Waals surface area contributed by atoms with Crippen LogP contribution in [-0.4, -0.2) is 39.5 Å². The standard InChI is InChI=1S/C25H24N4O4S2/c1-14-22(16-3-5-19(6-4-16)32-11-18(31)10-30)20(9-26)25(29-23(14)27)35-13-21-15(2)33-24(28-21)17-7-8-34-12-17/h3-8,12,18,30-31H,10-11,13H2,1-2H3,(H2,27,29)/t18-/m0/s1. The van der Waals surface area contributed by atoms with E-state index in [9.17, 15) is 10.4 Å². The number of nitrogens with two attached hydrogens (primary N) is 1. The number of anilines is 1. The van der Waals surface area contributed by atoms with Crippen LogP contribution in [0.2, 0.25) is 0 Å². The van der Waals surface area contributed by atoms with Crippen LogP contribution in [0, 0.1) is 25.2 Å². The Labute approximate surface area is 211 Å². The van der Waals surface area contributed by atoms with Gasteiger partial charge in [-0.2, -0.15) is 16.6 Å². The second kappa shape index (κ2) is 10.9. The Kier molecular flexibility index (Phi) is 7.73. The zero-order valence-electron chi connectivity index (χ0n) is 19.2. The molecule has 0 unspecified atom stereocenters. The number of nitrogen functional groups attached to an aromatic ring is 1. The molecular weight excluding hydrogens is 484 g/mol. The first-order valence-electron chi connectivity index (χ1n) is 10.7. The second-order valence-corrected chi connectivity index (χ2v) is 9.53. The smallest absolute Gasteiger partial charge is 0.227 e. The van der Waals surface area contributed by atoms with E-state index in [-0.39, 0.29) is 13.2 Å². The lowest BCUT2D eigenvalue weighted by Gasteiger charge is -2.15. The maximum atomic E-state index is 10.0. The molecule has 4 aromatic rings. The van der Waals surface area contributed by atoms with Crippen LogP contribution in [0.1, 0.15) is 22.6 Å². The van der Waals surface area contributed by atoms with Gasteiger partial charge in [-0.3, -0.25) is 0 Å². The highest BCUT2D eigenvalue weighted by Gasteiger charge is 2.20. The summed E-state index contributed by atoms with van der Waals surface area (Å²) in [6, 6.07) is 11.4. The monoisotopic (exact) mass is 508 g/mol. The van der Waals surface area contributed by atoms with Crippen LogP contribution in [0.15, 0.2) is 50.5 Å². The zero-order valence-corrected chi connectivity index (χ0v) is 20.8. The molecule has 10 heteroatoms. The van der Waals surface area contributed by atoms with Crippen LogP contribution >= 0.6 is 23.1 Å². The largest absolute Gasteiger partial charge is 0.491 e. The first-order chi connectivity index (χ1) is 16.9. The Balaban J connectivity index is 1.60. The average molecular weight is 509 g/mol. The summed E-state index contributed by atoms with van der Waals surface area (Å²) in [5.41, 5.74) is 10.6. The number of nitrogens with zero attached hydrogens (tertiary/aromatic N) is 3. The molecule has 180 valence electrons. The number of thiophene rings is 1. The van der Waals surface area contributed by atoms with Gasteiger partial charge in [-0.1, -0.05) is 23.9 Å². The molecule has 0 aliphatic heterocycles. The van der Waals surface area contributed by atoms with Crippen LogP contribution in [0.25, 0.3) is 22.6 Å². The fraction of sp³-hybridized carbons (Fsp3) is 0.240. The van der Waals surface area contributed by atoms with E-state index in [1.165, 1.54) is 11.8 Å². The van der Waals surface area contributed by atoms with Gasteiger partial charge in [-0.15, -0.1) is 0 Å². The molecule has 3 aromatic heterocycles. The lowest BCUT2D eigenvalue weighted by molar-refractivity contribution is 0.0536. The van der Waals surface area contributed by atoms with Crippen molar-refractivity contribution in [3.8, 4) is 34.4 Å². The third-order valence-corrected chi connectivity index (χ3v) is 7.03. The third-order valence-electron chi connectivity index (χ3n) is 5.36. The summed E-state index contributed by atoms with van der Waals surface area (Å²) in [7, 11) is 0. The number of aromatic nitrogens is 2. The maximum absolute atomic E-state index is 10.0. The van der Waals surface area contributed by atoms with Crippen molar-refractivity contribution in [3.63, 3.8) is 0 Å². The molecule has 1 aromatic carbocycles. The SMILES string of the molecule is Cc1oc(-c2ccsc2)nc1CSc1nc(N)c(C)c(-c2ccc(OC[C@@H](O)CO)cc2)c1C#N. The lowest BCUT2D eigenvalue weighted by atomic mass is 9.97. The minimum absolute atomic E-state index is 0.0170. The van der Waals surface area contributed by atoms with Gasteiger partial charge in [0.2, 0.25) is 5.89 Å². The van der Waals surface area contributed by atoms with Crippen molar-refractivity contribution in [1.82, 2.24) is 9.97 Å². The molecule has 0 saturated carbocycles. The van der Waals surface area contributed by atoms with Crippen molar-refractivity contribution in [1.29, 1.82) is 5.26 Å². The molecule has 0 bridgehead atoms. The molecule has 4 N–H and O–H groups in total. The number of hydrogen-bond acceptors (Lipinski definition) is 10. The fourth-order valence-corrected chi connectivity index (χ4v) is 5.04. The predicted octanol–water partition coefficient (Wildman–Crippen LogP) is 4.56. The van der Waals surface area contributed by atoms with E-state index in [2.05, 4.69) is 16.0 Å². The summed E-state index contributed by atoms with van der Waals surface area (Å²) in [6.07, 6.45) is -0.948. The summed E-state index contributed by atoms with van der Waals surface area (Å²) in [5, 5.41) is 32.9. The fourth-order valence-electron chi connectivity index (χ4n) is 3.41. The Hall–Kier alpha value is -3.36. The second-order valence-electron chi connectivity index (χ2n) is 7.78. The number of hydrogen-bond donors (Lipinski definition) is 3. The molecule has 0 fully saturated rings. The number of aliphatic hydroxyl groups is 2. The van der Waals surface area contributed by atoms with Gasteiger partial charge in [0.05, 0.1) is 17.9 Å². The van der Waals surface area contributed by atoms with E-state index in [4.69, 9.17) is 20.0 Å². The Morgan fingerprint density at radius 3 is 2.63 bits per heavy atom. The highest BCUT2D eigenvalue weighted by atomic mass is 32.2. The summed E-state index contributed by atoms with van der Waals surface area (Å²) in [5.74, 6) is 2.66. The van der Waals surface area contributed by atoms with Crippen LogP contribution in [0.3, 0.4) is 0 Å². The van der Waals surface area contributed by atoms with Crippen molar-refractivity contribution >= 4 is 28.9 Å². The van der Waals surface area contributed by atoms with E-state index < -0.39 is 6.10 Å². The van der Waals surface area contributed by atoms with Gasteiger partial charge in [0.1, 0.15) is 41.1 Å². The molecule has 3 heterocycles. The van der Waals surface area contributed by atoms with Gasteiger partial charge >= 0.3 is 0 Å². The van der Waals surface area contributed by atoms with Gasteiger partial charge in [0.25, 0.3) is 0 Å². The highest BCUT2D eigenvalue weighted by Crippen LogP contribution is 2.37. The van der Waals surface area contributed by atoms with Crippen molar-refractivity contribution in [3.05, 3.63) is 63.7 Å². The number of thioether (sulfide) groups is 1. The van der Waals surface area contributed by atoms with E-state index in [1.54, 1.807) is 23.5 Å². The van der Waals surface area contributed by atoms with Gasteiger partial charge in [-0.05, 0) is 43.0 Å². The van der Waals surface area contributed by atoms with E-state index in [0.717, 1.165) is 22.6 Å². The number of aliphatic hydroxyl groups excluding tert-OH is 2. The molecule has 8 nitrogen and oxygen atoms in total. The summed E-state index contributed by atoms with van der Waals surface area (Å²) in [4.78, 5) is 9.11. The number of rotatable bonds is 9. The Morgan fingerprint density at radius 1 is 1.20 bits per heavy atom. The topological polar surface area (TPSA) is 138 Å². The summed E-state index contributed by atoms with van der Waals surface area (Å²) >= 11 is 2.97. The van der Waals surface area contributed by atoms with E-state index >= 15 is 0 Å². The third kappa shape index (κ3) is 5.49. The first kappa shape index (κ1) is 24.8. The van der Waals surface area contributed by atoms with Gasteiger partial charge in [-0.25, -0.2) is 9.97 Å².